The number of carbonyl (C=O) groups excluding carboxylic acids is 1. The smallest absolute Gasteiger partial charge is 0.255 e. The molecule has 0 saturated carbocycles. The van der Waals surface area contributed by atoms with Gasteiger partial charge in [0.15, 0.2) is 0 Å². The fraction of sp³-hybridized carbons (Fsp3) is 0.179. The molecular weight excluding hydrogens is 489 g/mol. The number of anilines is 2. The van der Waals surface area contributed by atoms with E-state index in [1.54, 1.807) is 42.1 Å². The summed E-state index contributed by atoms with van der Waals surface area (Å²) in [4.78, 5) is 18.0. The molecule has 10 heteroatoms. The number of hydrogen-bond acceptors (Lipinski definition) is 7. The molecular formula is C28H26FN5O4. The van der Waals surface area contributed by atoms with Crippen molar-refractivity contribution in [2.45, 2.75) is 19.6 Å². The van der Waals surface area contributed by atoms with Gasteiger partial charge in [-0.25, -0.2) is 9.07 Å². The van der Waals surface area contributed by atoms with Crippen molar-refractivity contribution in [2.24, 2.45) is 0 Å². The summed E-state index contributed by atoms with van der Waals surface area (Å²) in [5, 5.41) is 10.5. The Labute approximate surface area is 218 Å². The number of halogens is 1. The van der Waals surface area contributed by atoms with Crippen LogP contribution < -0.4 is 24.8 Å². The predicted octanol–water partition coefficient (Wildman–Crippen LogP) is 4.94. The number of allylic oxidation sites excluding steroid dienone is 1. The molecule has 3 aromatic carbocycles. The first-order chi connectivity index (χ1) is 18.5. The SMILES string of the molecule is COc1ccc(NC(=O)C2=C(C)Nc3ncnn3[C@@H]2c2cccc(OCc3ccc(F)cc3)c2)c(OC)c1. The first-order valence-electron chi connectivity index (χ1n) is 11.8. The van der Waals surface area contributed by atoms with E-state index in [4.69, 9.17) is 14.2 Å². The Balaban J connectivity index is 1.46. The van der Waals surface area contributed by atoms with E-state index in [-0.39, 0.29) is 18.3 Å². The maximum absolute atomic E-state index is 13.7. The van der Waals surface area contributed by atoms with Gasteiger partial charge >= 0.3 is 0 Å². The first-order valence-corrected chi connectivity index (χ1v) is 11.8. The maximum atomic E-state index is 13.7. The van der Waals surface area contributed by atoms with Crippen LogP contribution >= 0.6 is 0 Å². The Bertz CT molecular complexity index is 1500. The molecule has 0 spiro atoms. The standard InChI is InChI=1S/C28H26FN5O4/c1-17-25(27(35)33-23-12-11-21(36-2)14-24(23)37-3)26(34-28(32-17)30-16-31-34)19-5-4-6-22(13-19)38-15-18-7-9-20(29)10-8-18/h4-14,16,26H,15H2,1-3H3,(H,33,35)(H,30,31,32)/t26-/m1/s1. The van der Waals surface area contributed by atoms with Crippen LogP contribution in [0.15, 0.2) is 84.3 Å². The molecule has 1 aliphatic rings. The second-order valence-corrected chi connectivity index (χ2v) is 8.60. The molecule has 1 atom stereocenters. The molecule has 0 fully saturated rings. The van der Waals surface area contributed by atoms with Gasteiger partial charge in [-0.3, -0.25) is 4.79 Å². The zero-order valence-corrected chi connectivity index (χ0v) is 21.1. The molecule has 1 amide bonds. The number of ether oxygens (including phenoxy) is 3. The molecule has 194 valence electrons. The summed E-state index contributed by atoms with van der Waals surface area (Å²) in [6.07, 6.45) is 1.44. The number of amides is 1. The third kappa shape index (κ3) is 5.01. The van der Waals surface area contributed by atoms with E-state index in [0.29, 0.717) is 40.2 Å². The van der Waals surface area contributed by atoms with E-state index in [1.807, 2.05) is 31.2 Å². The number of methoxy groups -OCH3 is 2. The van der Waals surface area contributed by atoms with Crippen LogP contribution in [-0.2, 0) is 11.4 Å². The van der Waals surface area contributed by atoms with Gasteiger partial charge in [-0.2, -0.15) is 10.1 Å². The average Bonchev–Trinajstić information content (AvgIpc) is 3.40. The molecule has 0 aliphatic carbocycles. The quantitative estimate of drug-likeness (QED) is 0.343. The van der Waals surface area contributed by atoms with Crippen molar-refractivity contribution in [3.8, 4) is 17.2 Å². The van der Waals surface area contributed by atoms with Crippen molar-refractivity contribution >= 4 is 17.5 Å². The summed E-state index contributed by atoms with van der Waals surface area (Å²) in [5.74, 6) is 1.56. The van der Waals surface area contributed by atoms with E-state index in [2.05, 4.69) is 20.7 Å². The van der Waals surface area contributed by atoms with Gasteiger partial charge in [0.1, 0.15) is 42.0 Å². The van der Waals surface area contributed by atoms with Gasteiger partial charge < -0.3 is 24.8 Å². The highest BCUT2D eigenvalue weighted by atomic mass is 19.1. The molecule has 4 aromatic rings. The molecule has 2 heterocycles. The number of aromatic nitrogens is 3. The zero-order valence-electron chi connectivity index (χ0n) is 21.1. The predicted molar refractivity (Wildman–Crippen MR) is 140 cm³/mol. The number of nitrogens with one attached hydrogen (secondary N) is 2. The number of carbonyl (C=O) groups is 1. The third-order valence-corrected chi connectivity index (χ3v) is 6.19. The van der Waals surface area contributed by atoms with Crippen molar-refractivity contribution in [3.05, 3.63) is 101 Å². The molecule has 0 unspecified atom stereocenters. The minimum atomic E-state index is -0.577. The molecule has 1 aliphatic heterocycles. The van der Waals surface area contributed by atoms with Gasteiger partial charge in [-0.05, 0) is 54.4 Å². The van der Waals surface area contributed by atoms with E-state index in [0.717, 1.165) is 11.1 Å². The second-order valence-electron chi connectivity index (χ2n) is 8.60. The minimum Gasteiger partial charge on any atom is -0.497 e. The van der Waals surface area contributed by atoms with E-state index < -0.39 is 6.04 Å². The van der Waals surface area contributed by atoms with E-state index in [9.17, 15) is 9.18 Å². The fourth-order valence-corrected chi connectivity index (χ4v) is 4.31. The van der Waals surface area contributed by atoms with Gasteiger partial charge in [-0.15, -0.1) is 0 Å². The number of fused-ring (bicyclic) bond motifs is 1. The van der Waals surface area contributed by atoms with Crippen LogP contribution in [0.1, 0.15) is 24.1 Å². The van der Waals surface area contributed by atoms with E-state index >= 15 is 0 Å². The topological polar surface area (TPSA) is 99.5 Å². The summed E-state index contributed by atoms with van der Waals surface area (Å²) in [6.45, 7) is 2.09. The van der Waals surface area contributed by atoms with Crippen molar-refractivity contribution in [1.29, 1.82) is 0 Å². The molecule has 38 heavy (non-hydrogen) atoms. The van der Waals surface area contributed by atoms with Gasteiger partial charge in [0, 0.05) is 11.8 Å². The van der Waals surface area contributed by atoms with Gasteiger partial charge in [0.2, 0.25) is 5.95 Å². The third-order valence-electron chi connectivity index (χ3n) is 6.19. The largest absolute Gasteiger partial charge is 0.497 e. The lowest BCUT2D eigenvalue weighted by Crippen LogP contribution is -2.31. The highest BCUT2D eigenvalue weighted by Crippen LogP contribution is 2.37. The Kier molecular flexibility index (Phi) is 6.94. The van der Waals surface area contributed by atoms with Crippen LogP contribution in [0.3, 0.4) is 0 Å². The molecule has 1 aromatic heterocycles. The first kappa shape index (κ1) is 24.8. The lowest BCUT2D eigenvalue weighted by molar-refractivity contribution is -0.113. The maximum Gasteiger partial charge on any atom is 0.255 e. The van der Waals surface area contributed by atoms with Crippen LogP contribution in [-0.4, -0.2) is 34.9 Å². The molecule has 0 saturated heterocycles. The summed E-state index contributed by atoms with van der Waals surface area (Å²) in [5.41, 5.74) is 3.20. The Hall–Kier alpha value is -4.86. The van der Waals surface area contributed by atoms with Crippen molar-refractivity contribution < 1.29 is 23.4 Å². The molecule has 9 nitrogen and oxygen atoms in total. The zero-order chi connectivity index (χ0) is 26.6. The number of benzene rings is 3. The molecule has 0 radical (unpaired) electrons. The summed E-state index contributed by atoms with van der Waals surface area (Å²) >= 11 is 0. The lowest BCUT2D eigenvalue weighted by atomic mass is 9.94. The van der Waals surface area contributed by atoms with Crippen LogP contribution in [0, 0.1) is 5.82 Å². The van der Waals surface area contributed by atoms with Crippen molar-refractivity contribution in [1.82, 2.24) is 14.8 Å². The van der Waals surface area contributed by atoms with E-state index in [1.165, 1.54) is 25.6 Å². The highest BCUT2D eigenvalue weighted by Gasteiger charge is 2.34. The van der Waals surface area contributed by atoms with Crippen LogP contribution in [0.4, 0.5) is 16.0 Å². The monoisotopic (exact) mass is 515 g/mol. The minimum absolute atomic E-state index is 0.268. The van der Waals surface area contributed by atoms with Crippen LogP contribution in [0.5, 0.6) is 17.2 Å². The Morgan fingerprint density at radius 3 is 2.63 bits per heavy atom. The highest BCUT2D eigenvalue weighted by molar-refractivity contribution is 6.06. The lowest BCUT2D eigenvalue weighted by Gasteiger charge is -2.29. The summed E-state index contributed by atoms with van der Waals surface area (Å²) in [6, 6.07) is 18.2. The second kappa shape index (κ2) is 10.6. The molecule has 5 rings (SSSR count). The van der Waals surface area contributed by atoms with Crippen LogP contribution in [0.2, 0.25) is 0 Å². The number of nitrogens with zero attached hydrogens (tertiary/aromatic N) is 3. The van der Waals surface area contributed by atoms with Gasteiger partial charge in [0.25, 0.3) is 5.91 Å². The number of rotatable bonds is 8. The Morgan fingerprint density at radius 2 is 1.87 bits per heavy atom. The van der Waals surface area contributed by atoms with Gasteiger partial charge in [0.05, 0.1) is 25.5 Å². The number of hydrogen-bond donors (Lipinski definition) is 2. The average molecular weight is 516 g/mol. The summed E-state index contributed by atoms with van der Waals surface area (Å²) in [7, 11) is 3.09. The van der Waals surface area contributed by atoms with Crippen molar-refractivity contribution in [3.63, 3.8) is 0 Å². The normalized spacial score (nSPS) is 14.4. The van der Waals surface area contributed by atoms with Gasteiger partial charge in [-0.1, -0.05) is 24.3 Å². The fourth-order valence-electron chi connectivity index (χ4n) is 4.31. The molecule has 2 N–H and O–H groups in total. The van der Waals surface area contributed by atoms with Crippen molar-refractivity contribution in [2.75, 3.05) is 24.9 Å². The Morgan fingerprint density at radius 1 is 1.05 bits per heavy atom. The molecule has 0 bridgehead atoms. The van der Waals surface area contributed by atoms with Crippen LogP contribution in [0.25, 0.3) is 0 Å². The summed E-state index contributed by atoms with van der Waals surface area (Å²) < 4.78 is 31.6.